The van der Waals surface area contributed by atoms with E-state index in [4.69, 9.17) is 4.74 Å². The van der Waals surface area contributed by atoms with E-state index in [1.807, 2.05) is 26.1 Å². The van der Waals surface area contributed by atoms with Crippen LogP contribution in [0, 0.1) is 5.92 Å². The molecule has 0 unspecified atom stereocenters. The molecule has 0 radical (unpaired) electrons. The molecule has 1 aliphatic rings. The molecule has 35 heavy (non-hydrogen) atoms. The molecule has 3 aromatic rings. The van der Waals surface area contributed by atoms with E-state index >= 15 is 0 Å². The standard InChI is InChI=1S/C25H31N5O4S/c1-18-13-30(19(2)16-31)35(32,33)25-7-6-21(22-5-4-8-26-12-22)9-23(25)34-24(18)15-29(3)14-20-10-27-17-28-11-20/h4-12,17-19,24,31H,13-16H2,1-3H3/t18-,19-,24+/m1/s1. The fourth-order valence-corrected chi connectivity index (χ4v) is 6.08. The van der Waals surface area contributed by atoms with E-state index in [1.165, 1.54) is 10.6 Å². The van der Waals surface area contributed by atoms with E-state index < -0.39 is 16.1 Å². The highest BCUT2D eigenvalue weighted by Crippen LogP contribution is 2.36. The zero-order valence-corrected chi connectivity index (χ0v) is 21.0. The lowest BCUT2D eigenvalue weighted by molar-refractivity contribution is 0.0733. The molecule has 10 heteroatoms. The Hall–Kier alpha value is -2.92. The molecule has 0 spiro atoms. The number of fused-ring (bicyclic) bond motifs is 1. The molecule has 1 N–H and O–H groups in total. The number of aromatic nitrogens is 3. The van der Waals surface area contributed by atoms with E-state index in [2.05, 4.69) is 19.9 Å². The molecule has 9 nitrogen and oxygen atoms in total. The summed E-state index contributed by atoms with van der Waals surface area (Å²) in [6.45, 7) is 4.86. The van der Waals surface area contributed by atoms with Crippen molar-refractivity contribution in [1.82, 2.24) is 24.2 Å². The third-order valence-electron chi connectivity index (χ3n) is 6.22. The van der Waals surface area contributed by atoms with Crippen LogP contribution in [0.4, 0.5) is 0 Å². The lowest BCUT2D eigenvalue weighted by Crippen LogP contribution is -2.49. The molecule has 0 saturated carbocycles. The number of rotatable bonds is 7. The molecule has 4 rings (SSSR count). The molecule has 1 aliphatic heterocycles. The van der Waals surface area contributed by atoms with Crippen LogP contribution in [0.15, 0.2) is 66.3 Å². The number of sulfonamides is 1. The van der Waals surface area contributed by atoms with Crippen LogP contribution in [0.3, 0.4) is 0 Å². The third-order valence-corrected chi connectivity index (χ3v) is 8.24. The maximum absolute atomic E-state index is 13.6. The predicted molar refractivity (Wildman–Crippen MR) is 132 cm³/mol. The first-order chi connectivity index (χ1) is 16.8. The Morgan fingerprint density at radius 3 is 2.63 bits per heavy atom. The molecule has 0 amide bonds. The summed E-state index contributed by atoms with van der Waals surface area (Å²) in [4.78, 5) is 14.5. The van der Waals surface area contributed by atoms with Crippen molar-refractivity contribution in [1.29, 1.82) is 0 Å². The molecule has 0 bridgehead atoms. The minimum absolute atomic E-state index is 0.0986. The van der Waals surface area contributed by atoms with Crippen molar-refractivity contribution in [3.8, 4) is 16.9 Å². The van der Waals surface area contributed by atoms with Crippen LogP contribution in [0.1, 0.15) is 19.4 Å². The van der Waals surface area contributed by atoms with Gasteiger partial charge in [-0.3, -0.25) is 9.88 Å². The van der Waals surface area contributed by atoms with E-state index in [9.17, 15) is 13.5 Å². The summed E-state index contributed by atoms with van der Waals surface area (Å²) in [5.41, 5.74) is 2.66. The summed E-state index contributed by atoms with van der Waals surface area (Å²) in [6, 6.07) is 8.30. The minimum Gasteiger partial charge on any atom is -0.487 e. The molecule has 1 aromatic carbocycles. The van der Waals surface area contributed by atoms with Crippen LogP contribution >= 0.6 is 0 Å². The Bertz CT molecular complexity index is 1230. The number of benzene rings is 1. The second kappa shape index (κ2) is 10.8. The van der Waals surface area contributed by atoms with Crippen molar-refractivity contribution >= 4 is 10.0 Å². The van der Waals surface area contributed by atoms with Gasteiger partial charge in [0.05, 0.1) is 6.61 Å². The first-order valence-corrected chi connectivity index (χ1v) is 13.0. The summed E-state index contributed by atoms with van der Waals surface area (Å²) in [5.74, 6) is 0.165. The number of aliphatic hydroxyl groups is 1. The molecule has 186 valence electrons. The van der Waals surface area contributed by atoms with Crippen LogP contribution in [0.5, 0.6) is 5.75 Å². The lowest BCUT2D eigenvalue weighted by atomic mass is 10.0. The molecule has 0 fully saturated rings. The zero-order valence-electron chi connectivity index (χ0n) is 20.2. The molecule has 3 heterocycles. The number of pyridine rings is 1. The molecular weight excluding hydrogens is 466 g/mol. The molecule has 3 atom stereocenters. The Balaban J connectivity index is 1.72. The maximum atomic E-state index is 13.6. The van der Waals surface area contributed by atoms with Gasteiger partial charge in [-0.15, -0.1) is 0 Å². The SMILES string of the molecule is C[C@@H]1CN([C@H](C)CO)S(=O)(=O)c2ccc(-c3cccnc3)cc2O[C@H]1CN(C)Cc1cncnc1. The average molecular weight is 498 g/mol. The summed E-state index contributed by atoms with van der Waals surface area (Å²) >= 11 is 0. The van der Waals surface area contributed by atoms with Gasteiger partial charge >= 0.3 is 0 Å². The fraction of sp³-hybridized carbons (Fsp3) is 0.400. The van der Waals surface area contributed by atoms with E-state index in [-0.39, 0.29) is 30.1 Å². The normalized spacial score (nSPS) is 20.9. The molecule has 2 aromatic heterocycles. The van der Waals surface area contributed by atoms with Gasteiger partial charge in [-0.1, -0.05) is 19.1 Å². The number of nitrogens with zero attached hydrogens (tertiary/aromatic N) is 5. The van der Waals surface area contributed by atoms with Gasteiger partial charge in [0.2, 0.25) is 10.0 Å². The summed E-state index contributed by atoms with van der Waals surface area (Å²) in [6.07, 6.45) is 8.18. The highest BCUT2D eigenvalue weighted by molar-refractivity contribution is 7.89. The van der Waals surface area contributed by atoms with Gasteiger partial charge in [-0.2, -0.15) is 4.31 Å². The minimum atomic E-state index is -3.88. The van der Waals surface area contributed by atoms with Gasteiger partial charge < -0.3 is 9.84 Å². The van der Waals surface area contributed by atoms with Crippen molar-refractivity contribution in [2.45, 2.75) is 37.4 Å². The second-order valence-corrected chi connectivity index (χ2v) is 10.9. The van der Waals surface area contributed by atoms with Crippen molar-refractivity contribution in [3.63, 3.8) is 0 Å². The second-order valence-electron chi connectivity index (χ2n) is 9.09. The largest absolute Gasteiger partial charge is 0.487 e. The van der Waals surface area contributed by atoms with E-state index in [0.717, 1.165) is 16.7 Å². The molecular formula is C25H31N5O4S. The van der Waals surface area contributed by atoms with Gasteiger partial charge in [0, 0.05) is 67.5 Å². The summed E-state index contributed by atoms with van der Waals surface area (Å²) in [7, 11) is -1.90. The Morgan fingerprint density at radius 1 is 1.17 bits per heavy atom. The first kappa shape index (κ1) is 25.2. The smallest absolute Gasteiger partial charge is 0.247 e. The van der Waals surface area contributed by atoms with Crippen LogP contribution in [0.25, 0.3) is 11.1 Å². The fourth-order valence-electron chi connectivity index (χ4n) is 4.25. The topological polar surface area (TPSA) is 109 Å². The van der Waals surface area contributed by atoms with Crippen molar-refractivity contribution in [2.24, 2.45) is 5.92 Å². The maximum Gasteiger partial charge on any atom is 0.247 e. The van der Waals surface area contributed by atoms with Crippen molar-refractivity contribution < 1.29 is 18.3 Å². The van der Waals surface area contributed by atoms with Crippen molar-refractivity contribution in [3.05, 3.63) is 67.0 Å². The number of aliphatic hydroxyl groups excluding tert-OH is 1. The average Bonchev–Trinajstić information content (AvgIpc) is 2.86. The Labute approximate surface area is 206 Å². The third kappa shape index (κ3) is 5.67. The van der Waals surface area contributed by atoms with Gasteiger partial charge in [0.15, 0.2) is 0 Å². The summed E-state index contributed by atoms with van der Waals surface area (Å²) < 4.78 is 35.1. The number of hydrogen-bond donors (Lipinski definition) is 1. The Kier molecular flexibility index (Phi) is 7.75. The number of likely N-dealkylation sites (N-methyl/N-ethyl adjacent to an activating group) is 1. The highest BCUT2D eigenvalue weighted by Gasteiger charge is 2.38. The van der Waals surface area contributed by atoms with E-state index in [1.54, 1.807) is 49.9 Å². The first-order valence-electron chi connectivity index (χ1n) is 11.6. The number of ether oxygens (including phenoxy) is 1. The van der Waals surface area contributed by atoms with Crippen molar-refractivity contribution in [2.75, 3.05) is 26.7 Å². The zero-order chi connectivity index (χ0) is 25.0. The van der Waals surface area contributed by atoms with Gasteiger partial charge in [-0.25, -0.2) is 18.4 Å². The Morgan fingerprint density at radius 2 is 1.94 bits per heavy atom. The quantitative estimate of drug-likeness (QED) is 0.530. The summed E-state index contributed by atoms with van der Waals surface area (Å²) in [5, 5.41) is 9.82. The molecule has 0 aliphatic carbocycles. The van der Waals surface area contributed by atoms with Gasteiger partial charge in [0.25, 0.3) is 0 Å². The van der Waals surface area contributed by atoms with Gasteiger partial charge in [-0.05, 0) is 37.7 Å². The van der Waals surface area contributed by atoms with Crippen LogP contribution < -0.4 is 4.74 Å². The lowest BCUT2D eigenvalue weighted by Gasteiger charge is -2.37. The van der Waals surface area contributed by atoms with Crippen LogP contribution in [0.2, 0.25) is 0 Å². The van der Waals surface area contributed by atoms with Crippen LogP contribution in [-0.4, -0.2) is 76.6 Å². The van der Waals surface area contributed by atoms with Crippen LogP contribution in [-0.2, 0) is 16.6 Å². The number of hydrogen-bond acceptors (Lipinski definition) is 8. The predicted octanol–water partition coefficient (Wildman–Crippen LogP) is 2.44. The monoisotopic (exact) mass is 497 g/mol. The highest BCUT2D eigenvalue weighted by atomic mass is 32.2. The molecule has 0 saturated heterocycles. The van der Waals surface area contributed by atoms with E-state index in [0.29, 0.717) is 18.8 Å². The van der Waals surface area contributed by atoms with Gasteiger partial charge in [0.1, 0.15) is 23.1 Å².